The maximum atomic E-state index is 12.9. The number of fused-ring (bicyclic) bond motifs is 1. The van der Waals surface area contributed by atoms with Gasteiger partial charge in [0.2, 0.25) is 5.91 Å². The molecule has 8 heteroatoms. The first-order valence-electron chi connectivity index (χ1n) is 9.38. The Balaban J connectivity index is 1.77. The summed E-state index contributed by atoms with van der Waals surface area (Å²) >= 11 is 1.23. The van der Waals surface area contributed by atoms with E-state index in [1.54, 1.807) is 28.8 Å². The largest absolute Gasteiger partial charge is 0.353 e. The third-order valence-corrected chi connectivity index (χ3v) is 5.27. The van der Waals surface area contributed by atoms with Crippen LogP contribution >= 0.6 is 11.8 Å². The first-order chi connectivity index (χ1) is 13.7. The molecule has 2 N–H and O–H groups in total. The number of carbonyl (C=O) groups excluding carboxylic acids is 2. The molecule has 0 atom stereocenters. The number of aromatic amines is 1. The highest BCUT2D eigenvalue weighted by atomic mass is 32.2. The van der Waals surface area contributed by atoms with E-state index in [4.69, 9.17) is 0 Å². The third-order valence-electron chi connectivity index (χ3n) is 4.29. The number of amides is 1. The zero-order valence-corrected chi connectivity index (χ0v) is 17.7. The molecule has 0 saturated carbocycles. The number of carbonyl (C=O) groups is 2. The van der Waals surface area contributed by atoms with Gasteiger partial charge < -0.3 is 10.3 Å². The summed E-state index contributed by atoms with van der Waals surface area (Å²) in [6.45, 7) is 7.96. The Labute approximate surface area is 172 Å². The van der Waals surface area contributed by atoms with Crippen molar-refractivity contribution in [2.24, 2.45) is 5.92 Å². The fraction of sp³-hybridized carbons (Fsp3) is 0.333. The highest BCUT2D eigenvalue weighted by Gasteiger charge is 2.16. The fourth-order valence-corrected chi connectivity index (χ4v) is 3.77. The van der Waals surface area contributed by atoms with Crippen molar-refractivity contribution >= 4 is 40.2 Å². The number of aryl methyl sites for hydroxylation is 1. The standard InChI is InChI=1S/C21H24N4O3S/c1-12(2)10-25-20(28)19-17(9-13(3)22-19)24-21(25)29-11-18(27)23-16-7-5-15(6-8-16)14(4)26/h5-9,12,22H,10-11H2,1-4H3,(H,23,27). The molecule has 29 heavy (non-hydrogen) atoms. The number of nitrogens with one attached hydrogen (secondary N) is 2. The smallest absolute Gasteiger partial charge is 0.278 e. The minimum Gasteiger partial charge on any atom is -0.353 e. The number of hydrogen-bond donors (Lipinski definition) is 2. The summed E-state index contributed by atoms with van der Waals surface area (Å²) in [4.78, 5) is 44.2. The second-order valence-electron chi connectivity index (χ2n) is 7.39. The van der Waals surface area contributed by atoms with Gasteiger partial charge in [0.05, 0.1) is 11.3 Å². The lowest BCUT2D eigenvalue weighted by molar-refractivity contribution is -0.113. The summed E-state index contributed by atoms with van der Waals surface area (Å²) in [6.07, 6.45) is 0. The van der Waals surface area contributed by atoms with Crippen LogP contribution in [0.5, 0.6) is 0 Å². The van der Waals surface area contributed by atoms with Gasteiger partial charge in [0, 0.05) is 23.5 Å². The van der Waals surface area contributed by atoms with Crippen molar-refractivity contribution < 1.29 is 9.59 Å². The number of Topliss-reactive ketones (excluding diaryl/α,β-unsaturated/α-hetero) is 1. The molecule has 0 aliphatic carbocycles. The zero-order valence-electron chi connectivity index (χ0n) is 16.9. The van der Waals surface area contributed by atoms with E-state index in [0.29, 0.717) is 34.0 Å². The Hall–Kier alpha value is -2.87. The summed E-state index contributed by atoms with van der Waals surface area (Å²) in [5.74, 6) is 0.147. The van der Waals surface area contributed by atoms with Crippen molar-refractivity contribution in [1.82, 2.24) is 14.5 Å². The number of H-pyrrole nitrogens is 1. The normalized spacial score (nSPS) is 11.2. The van der Waals surface area contributed by atoms with E-state index in [1.807, 2.05) is 26.8 Å². The molecule has 0 spiro atoms. The summed E-state index contributed by atoms with van der Waals surface area (Å²) in [7, 11) is 0. The van der Waals surface area contributed by atoms with E-state index >= 15 is 0 Å². The Kier molecular flexibility index (Phi) is 6.22. The molecule has 3 aromatic rings. The summed E-state index contributed by atoms with van der Waals surface area (Å²) < 4.78 is 1.63. The summed E-state index contributed by atoms with van der Waals surface area (Å²) in [5, 5.41) is 3.33. The molecule has 152 valence electrons. The molecule has 0 radical (unpaired) electrons. The van der Waals surface area contributed by atoms with Crippen LogP contribution in [0.15, 0.2) is 40.3 Å². The van der Waals surface area contributed by atoms with Crippen LogP contribution in [0.4, 0.5) is 5.69 Å². The average Bonchev–Trinajstić information content (AvgIpc) is 3.03. The van der Waals surface area contributed by atoms with Crippen molar-refractivity contribution in [2.45, 2.75) is 39.4 Å². The molecule has 2 heterocycles. The minimum absolute atomic E-state index is 0.0250. The number of aromatic nitrogens is 3. The van der Waals surface area contributed by atoms with E-state index in [9.17, 15) is 14.4 Å². The molecule has 3 rings (SSSR count). The molecule has 0 unspecified atom stereocenters. The van der Waals surface area contributed by atoms with E-state index in [0.717, 1.165) is 5.69 Å². The van der Waals surface area contributed by atoms with Crippen molar-refractivity contribution in [3.05, 3.63) is 51.9 Å². The van der Waals surface area contributed by atoms with Gasteiger partial charge in [-0.05, 0) is 50.1 Å². The van der Waals surface area contributed by atoms with Crippen molar-refractivity contribution in [3.63, 3.8) is 0 Å². The predicted octanol–water partition coefficient (Wildman–Crippen LogP) is 3.62. The molecule has 1 amide bonds. The number of hydrogen-bond acceptors (Lipinski definition) is 5. The maximum absolute atomic E-state index is 12.9. The molecular formula is C21H24N4O3S. The minimum atomic E-state index is -0.207. The lowest BCUT2D eigenvalue weighted by atomic mass is 10.1. The van der Waals surface area contributed by atoms with Crippen LogP contribution < -0.4 is 10.9 Å². The molecule has 0 aliphatic rings. The quantitative estimate of drug-likeness (QED) is 0.351. The van der Waals surface area contributed by atoms with Gasteiger partial charge in [-0.1, -0.05) is 25.6 Å². The van der Waals surface area contributed by atoms with Crippen LogP contribution in [0.2, 0.25) is 0 Å². The van der Waals surface area contributed by atoms with E-state index < -0.39 is 0 Å². The first-order valence-corrected chi connectivity index (χ1v) is 10.4. The van der Waals surface area contributed by atoms with Crippen molar-refractivity contribution in [3.8, 4) is 0 Å². The van der Waals surface area contributed by atoms with Gasteiger partial charge >= 0.3 is 0 Å². The number of thioether (sulfide) groups is 1. The third kappa shape index (κ3) is 4.95. The highest BCUT2D eigenvalue weighted by molar-refractivity contribution is 7.99. The van der Waals surface area contributed by atoms with Crippen molar-refractivity contribution in [1.29, 1.82) is 0 Å². The SMILES string of the molecule is CC(=O)c1ccc(NC(=O)CSc2nc3cc(C)[nH]c3c(=O)n2CC(C)C)cc1. The Morgan fingerprint density at radius 1 is 1.24 bits per heavy atom. The maximum Gasteiger partial charge on any atom is 0.278 e. The molecule has 0 aliphatic heterocycles. The van der Waals surface area contributed by atoms with Gasteiger partial charge in [0.15, 0.2) is 10.9 Å². The zero-order chi connectivity index (χ0) is 21.1. The molecule has 0 saturated heterocycles. The van der Waals surface area contributed by atoms with Gasteiger partial charge in [-0.25, -0.2) is 4.98 Å². The lowest BCUT2D eigenvalue weighted by Crippen LogP contribution is -2.26. The molecule has 1 aromatic carbocycles. The number of benzene rings is 1. The van der Waals surface area contributed by atoms with Gasteiger partial charge in [0.1, 0.15) is 5.52 Å². The number of ketones is 1. The average molecular weight is 413 g/mol. The second-order valence-corrected chi connectivity index (χ2v) is 8.33. The highest BCUT2D eigenvalue weighted by Crippen LogP contribution is 2.20. The Morgan fingerprint density at radius 3 is 2.55 bits per heavy atom. The topological polar surface area (TPSA) is 96.8 Å². The monoisotopic (exact) mass is 412 g/mol. The summed E-state index contributed by atoms with van der Waals surface area (Å²) in [6, 6.07) is 8.57. The van der Waals surface area contributed by atoms with Crippen LogP contribution in [0.1, 0.15) is 36.8 Å². The molecule has 0 fully saturated rings. The van der Waals surface area contributed by atoms with Gasteiger partial charge in [-0.2, -0.15) is 0 Å². The van der Waals surface area contributed by atoms with Crippen LogP contribution in [0.25, 0.3) is 11.0 Å². The molecule has 0 bridgehead atoms. The first kappa shape index (κ1) is 20.9. The van der Waals surface area contributed by atoms with Crippen molar-refractivity contribution in [2.75, 3.05) is 11.1 Å². The summed E-state index contributed by atoms with van der Waals surface area (Å²) in [5.41, 5.74) is 3.05. The van der Waals surface area contributed by atoms with Gasteiger partial charge in [-0.15, -0.1) is 0 Å². The Morgan fingerprint density at radius 2 is 1.93 bits per heavy atom. The molecular weight excluding hydrogens is 388 g/mol. The predicted molar refractivity (Wildman–Crippen MR) is 116 cm³/mol. The lowest BCUT2D eigenvalue weighted by Gasteiger charge is -2.14. The van der Waals surface area contributed by atoms with Gasteiger partial charge in [-0.3, -0.25) is 19.0 Å². The number of rotatable bonds is 7. The fourth-order valence-electron chi connectivity index (χ4n) is 2.96. The van der Waals surface area contributed by atoms with Crippen LogP contribution in [-0.4, -0.2) is 32.0 Å². The molecule has 2 aromatic heterocycles. The van der Waals surface area contributed by atoms with Crippen LogP contribution in [0.3, 0.4) is 0 Å². The van der Waals surface area contributed by atoms with E-state index in [2.05, 4.69) is 15.3 Å². The van der Waals surface area contributed by atoms with Gasteiger partial charge in [0.25, 0.3) is 5.56 Å². The van der Waals surface area contributed by atoms with E-state index in [-0.39, 0.29) is 28.9 Å². The van der Waals surface area contributed by atoms with E-state index in [1.165, 1.54) is 18.7 Å². The number of nitrogens with zero attached hydrogens (tertiary/aromatic N) is 2. The second kappa shape index (κ2) is 8.65. The Bertz CT molecular complexity index is 1110. The molecule has 7 nitrogen and oxygen atoms in total. The van der Waals surface area contributed by atoms with Crippen LogP contribution in [-0.2, 0) is 11.3 Å². The van der Waals surface area contributed by atoms with Crippen LogP contribution in [0, 0.1) is 12.8 Å². The number of anilines is 1.